The molecule has 98 valence electrons. The number of anilines is 2. The molecule has 3 N–H and O–H groups in total. The molecule has 7 nitrogen and oxygen atoms in total. The van der Waals surface area contributed by atoms with Crippen LogP contribution in [0.2, 0.25) is 0 Å². The molecule has 1 aromatic carbocycles. The molecule has 19 heavy (non-hydrogen) atoms. The van der Waals surface area contributed by atoms with Crippen LogP contribution in [-0.2, 0) is 6.54 Å². The van der Waals surface area contributed by atoms with Crippen LogP contribution in [0.4, 0.5) is 17.3 Å². The van der Waals surface area contributed by atoms with Crippen molar-refractivity contribution in [3.8, 4) is 0 Å². The van der Waals surface area contributed by atoms with E-state index in [0.29, 0.717) is 23.7 Å². The van der Waals surface area contributed by atoms with E-state index in [9.17, 15) is 10.1 Å². The Morgan fingerprint density at radius 1 is 1.37 bits per heavy atom. The van der Waals surface area contributed by atoms with Crippen molar-refractivity contribution in [2.45, 2.75) is 13.5 Å². The molecule has 0 aliphatic rings. The second-order valence-corrected chi connectivity index (χ2v) is 3.96. The van der Waals surface area contributed by atoms with Crippen molar-refractivity contribution in [1.82, 2.24) is 9.97 Å². The largest absolute Gasteiger partial charge is 0.381 e. The van der Waals surface area contributed by atoms with Gasteiger partial charge in [-0.2, -0.15) is 0 Å². The summed E-state index contributed by atoms with van der Waals surface area (Å²) in [5.74, 6) is 0.763. The van der Waals surface area contributed by atoms with Gasteiger partial charge in [0.25, 0.3) is 5.69 Å². The van der Waals surface area contributed by atoms with Gasteiger partial charge in [-0.3, -0.25) is 10.1 Å². The summed E-state index contributed by atoms with van der Waals surface area (Å²) in [6.07, 6.45) is 3.03. The van der Waals surface area contributed by atoms with Crippen molar-refractivity contribution < 1.29 is 4.92 Å². The molecule has 0 saturated carbocycles. The maximum atomic E-state index is 10.8. The van der Waals surface area contributed by atoms with Gasteiger partial charge in [0.05, 0.1) is 4.92 Å². The second kappa shape index (κ2) is 5.30. The first-order valence-corrected chi connectivity index (χ1v) is 5.63. The smallest absolute Gasteiger partial charge is 0.272 e. The molecule has 0 aliphatic carbocycles. The van der Waals surface area contributed by atoms with E-state index in [1.165, 1.54) is 18.5 Å². The first kappa shape index (κ1) is 12.7. The molecule has 7 heteroatoms. The van der Waals surface area contributed by atoms with E-state index in [0.717, 1.165) is 5.56 Å². The van der Waals surface area contributed by atoms with Gasteiger partial charge in [-0.1, -0.05) is 12.1 Å². The first-order valence-electron chi connectivity index (χ1n) is 5.63. The maximum absolute atomic E-state index is 10.8. The van der Waals surface area contributed by atoms with Crippen molar-refractivity contribution in [1.29, 1.82) is 0 Å². The summed E-state index contributed by atoms with van der Waals surface area (Å²) >= 11 is 0. The van der Waals surface area contributed by atoms with Gasteiger partial charge in [0, 0.05) is 30.6 Å². The lowest BCUT2D eigenvalue weighted by Gasteiger charge is -2.09. The fourth-order valence-electron chi connectivity index (χ4n) is 1.72. The number of rotatable bonds is 4. The summed E-state index contributed by atoms with van der Waals surface area (Å²) in [6, 6.07) is 4.96. The van der Waals surface area contributed by atoms with Gasteiger partial charge in [-0.15, -0.1) is 0 Å². The Hall–Kier alpha value is -2.70. The van der Waals surface area contributed by atoms with E-state index in [-0.39, 0.29) is 5.69 Å². The van der Waals surface area contributed by atoms with Crippen LogP contribution >= 0.6 is 0 Å². The average Bonchev–Trinajstić information content (AvgIpc) is 2.39. The summed E-state index contributed by atoms with van der Waals surface area (Å²) in [5.41, 5.74) is 7.21. The molecular weight excluding hydrogens is 246 g/mol. The fourth-order valence-corrected chi connectivity index (χ4v) is 1.72. The number of nitro benzene ring substituents is 1. The zero-order valence-electron chi connectivity index (χ0n) is 10.3. The number of nitrogens with two attached hydrogens (primary N) is 1. The lowest BCUT2D eigenvalue weighted by atomic mass is 10.1. The van der Waals surface area contributed by atoms with Crippen LogP contribution in [0.15, 0.2) is 30.6 Å². The van der Waals surface area contributed by atoms with Crippen LogP contribution < -0.4 is 11.1 Å². The van der Waals surface area contributed by atoms with Crippen LogP contribution in [-0.4, -0.2) is 14.9 Å². The summed E-state index contributed by atoms with van der Waals surface area (Å²) in [4.78, 5) is 18.4. The van der Waals surface area contributed by atoms with Gasteiger partial charge in [-0.25, -0.2) is 9.97 Å². The zero-order valence-corrected chi connectivity index (χ0v) is 10.3. The van der Waals surface area contributed by atoms with Crippen molar-refractivity contribution in [2.75, 3.05) is 11.1 Å². The first-order chi connectivity index (χ1) is 9.09. The van der Waals surface area contributed by atoms with Crippen molar-refractivity contribution in [2.24, 2.45) is 0 Å². The quantitative estimate of drug-likeness (QED) is 0.641. The molecule has 0 spiro atoms. The molecule has 1 heterocycles. The highest BCUT2D eigenvalue weighted by molar-refractivity contribution is 5.56. The van der Waals surface area contributed by atoms with Crippen LogP contribution in [0.25, 0.3) is 0 Å². The lowest BCUT2D eigenvalue weighted by molar-refractivity contribution is -0.385. The van der Waals surface area contributed by atoms with E-state index >= 15 is 0 Å². The third-order valence-corrected chi connectivity index (χ3v) is 2.79. The second-order valence-electron chi connectivity index (χ2n) is 3.96. The summed E-state index contributed by atoms with van der Waals surface area (Å²) in [5, 5.41) is 13.9. The summed E-state index contributed by atoms with van der Waals surface area (Å²) in [7, 11) is 0. The Balaban J connectivity index is 2.19. The minimum atomic E-state index is -0.393. The van der Waals surface area contributed by atoms with E-state index in [1.807, 2.05) is 6.07 Å². The molecule has 1 aromatic heterocycles. The molecule has 2 rings (SSSR count). The monoisotopic (exact) mass is 259 g/mol. The van der Waals surface area contributed by atoms with Crippen molar-refractivity contribution in [3.05, 3.63) is 51.8 Å². The zero-order chi connectivity index (χ0) is 13.8. The van der Waals surface area contributed by atoms with Gasteiger partial charge >= 0.3 is 0 Å². The Kier molecular flexibility index (Phi) is 3.56. The van der Waals surface area contributed by atoms with E-state index < -0.39 is 4.92 Å². The van der Waals surface area contributed by atoms with Gasteiger partial charge in [0.2, 0.25) is 0 Å². The van der Waals surface area contributed by atoms with Gasteiger partial charge in [0.1, 0.15) is 0 Å². The number of hydrogen-bond acceptors (Lipinski definition) is 6. The minimum Gasteiger partial charge on any atom is -0.381 e. The standard InChI is InChI=1S/C12H13N5O2/c1-8-9(3-2-4-10(8)17(18)19)7-16-12-11(13)14-5-6-15-12/h2-6H,7H2,1H3,(H2,13,14)(H,15,16). The Bertz CT molecular complexity index is 615. The lowest BCUT2D eigenvalue weighted by Crippen LogP contribution is -2.07. The predicted molar refractivity (Wildman–Crippen MR) is 71.6 cm³/mol. The number of nitrogen functional groups attached to an aromatic ring is 1. The topological polar surface area (TPSA) is 107 Å². The highest BCUT2D eigenvalue weighted by Gasteiger charge is 2.13. The number of hydrogen-bond donors (Lipinski definition) is 2. The molecule has 0 saturated heterocycles. The van der Waals surface area contributed by atoms with Crippen LogP contribution in [0.1, 0.15) is 11.1 Å². The highest BCUT2D eigenvalue weighted by atomic mass is 16.6. The number of benzene rings is 1. The molecule has 2 aromatic rings. The van der Waals surface area contributed by atoms with E-state index in [2.05, 4.69) is 15.3 Å². The Labute approximate surface area is 109 Å². The number of nitro groups is 1. The molecule has 0 aliphatic heterocycles. The van der Waals surface area contributed by atoms with Gasteiger partial charge < -0.3 is 11.1 Å². The number of nitrogens with one attached hydrogen (secondary N) is 1. The summed E-state index contributed by atoms with van der Waals surface area (Å²) < 4.78 is 0. The average molecular weight is 259 g/mol. The molecule has 0 amide bonds. The van der Waals surface area contributed by atoms with E-state index in [1.54, 1.807) is 13.0 Å². The van der Waals surface area contributed by atoms with Crippen molar-refractivity contribution >= 4 is 17.3 Å². The predicted octanol–water partition coefficient (Wildman–Crippen LogP) is 1.89. The molecule has 0 fully saturated rings. The van der Waals surface area contributed by atoms with Crippen molar-refractivity contribution in [3.63, 3.8) is 0 Å². The SMILES string of the molecule is Cc1c(CNc2nccnc2N)cccc1[N+](=O)[O-]. The molecule has 0 bridgehead atoms. The third-order valence-electron chi connectivity index (χ3n) is 2.79. The highest BCUT2D eigenvalue weighted by Crippen LogP contribution is 2.22. The van der Waals surface area contributed by atoms with Crippen LogP contribution in [0.3, 0.4) is 0 Å². The Morgan fingerprint density at radius 3 is 2.79 bits per heavy atom. The molecular formula is C12H13N5O2. The van der Waals surface area contributed by atoms with Crippen LogP contribution in [0.5, 0.6) is 0 Å². The molecule has 0 atom stereocenters. The summed E-state index contributed by atoms with van der Waals surface area (Å²) in [6.45, 7) is 2.12. The van der Waals surface area contributed by atoms with Gasteiger partial charge in [0.15, 0.2) is 11.6 Å². The molecule has 0 unspecified atom stereocenters. The number of nitrogens with zero attached hydrogens (tertiary/aromatic N) is 3. The number of aromatic nitrogens is 2. The van der Waals surface area contributed by atoms with E-state index in [4.69, 9.17) is 5.73 Å². The minimum absolute atomic E-state index is 0.103. The maximum Gasteiger partial charge on any atom is 0.272 e. The van der Waals surface area contributed by atoms with Crippen LogP contribution in [0, 0.1) is 17.0 Å². The third kappa shape index (κ3) is 2.76. The fraction of sp³-hybridized carbons (Fsp3) is 0.167. The van der Waals surface area contributed by atoms with Gasteiger partial charge in [-0.05, 0) is 12.5 Å². The molecule has 0 radical (unpaired) electrons. The Morgan fingerprint density at radius 2 is 2.11 bits per heavy atom. The normalized spacial score (nSPS) is 10.2.